The van der Waals surface area contributed by atoms with Crippen molar-refractivity contribution in [3.63, 3.8) is 0 Å². The summed E-state index contributed by atoms with van der Waals surface area (Å²) in [5.74, 6) is 0. The average Bonchev–Trinajstić information content (AvgIpc) is 2.73. The Hall–Kier alpha value is -0.870. The normalized spacial score (nSPS) is 20.2. The average molecular weight is 269 g/mol. The number of benzene rings is 1. The molecular formula is C11H13BrN2O. The fourth-order valence-electron chi connectivity index (χ4n) is 1.65. The van der Waals surface area contributed by atoms with Crippen molar-refractivity contribution in [3.8, 4) is 0 Å². The third kappa shape index (κ3) is 2.58. The van der Waals surface area contributed by atoms with Gasteiger partial charge in [-0.05, 0) is 24.6 Å². The molecule has 1 atom stereocenters. The van der Waals surface area contributed by atoms with Crippen LogP contribution in [-0.2, 0) is 4.74 Å². The molecule has 0 aliphatic carbocycles. The summed E-state index contributed by atoms with van der Waals surface area (Å²) in [5.41, 5.74) is 1.90. The predicted octanol–water partition coefficient (Wildman–Crippen LogP) is 2.65. The Morgan fingerprint density at radius 2 is 2.40 bits per heavy atom. The van der Waals surface area contributed by atoms with E-state index in [1.165, 1.54) is 6.21 Å². The molecule has 1 unspecified atom stereocenters. The quantitative estimate of drug-likeness (QED) is 0.828. The van der Waals surface area contributed by atoms with E-state index in [4.69, 9.17) is 10.1 Å². The third-order valence-corrected chi connectivity index (χ3v) is 2.95. The second-order valence-electron chi connectivity index (χ2n) is 3.58. The van der Waals surface area contributed by atoms with Gasteiger partial charge in [0.15, 0.2) is 0 Å². The zero-order valence-electron chi connectivity index (χ0n) is 8.29. The predicted molar refractivity (Wildman–Crippen MR) is 64.9 cm³/mol. The van der Waals surface area contributed by atoms with Gasteiger partial charge in [-0.3, -0.25) is 0 Å². The maximum Gasteiger partial charge on any atom is 0.0668 e. The molecule has 4 heteroatoms. The van der Waals surface area contributed by atoms with Crippen molar-refractivity contribution in [2.75, 3.05) is 18.5 Å². The Morgan fingerprint density at radius 1 is 1.53 bits per heavy atom. The molecule has 0 saturated carbocycles. The minimum absolute atomic E-state index is 0.380. The van der Waals surface area contributed by atoms with Gasteiger partial charge in [0.2, 0.25) is 0 Å². The van der Waals surface area contributed by atoms with Crippen LogP contribution >= 0.6 is 15.9 Å². The lowest BCUT2D eigenvalue weighted by molar-refractivity contribution is 0.195. The van der Waals surface area contributed by atoms with E-state index in [0.717, 1.165) is 35.4 Å². The molecule has 2 N–H and O–H groups in total. The third-order valence-electron chi connectivity index (χ3n) is 2.46. The van der Waals surface area contributed by atoms with E-state index in [-0.39, 0.29) is 0 Å². The molecular weight excluding hydrogens is 256 g/mol. The molecule has 80 valence electrons. The highest BCUT2D eigenvalue weighted by Gasteiger charge is 2.15. The van der Waals surface area contributed by atoms with Gasteiger partial charge in [-0.2, -0.15) is 0 Å². The molecule has 1 heterocycles. The summed E-state index contributed by atoms with van der Waals surface area (Å²) in [4.78, 5) is 0. The second-order valence-corrected chi connectivity index (χ2v) is 4.50. The molecule has 1 fully saturated rings. The van der Waals surface area contributed by atoms with Gasteiger partial charge in [-0.15, -0.1) is 0 Å². The number of hydrogen-bond donors (Lipinski definition) is 2. The molecule has 2 rings (SSSR count). The zero-order chi connectivity index (χ0) is 10.7. The van der Waals surface area contributed by atoms with Crippen LogP contribution in [0.5, 0.6) is 0 Å². The first kappa shape index (κ1) is 10.6. The van der Waals surface area contributed by atoms with E-state index in [1.54, 1.807) is 0 Å². The number of anilines is 1. The molecule has 3 nitrogen and oxygen atoms in total. The lowest BCUT2D eigenvalue weighted by Gasteiger charge is -2.14. The maximum atomic E-state index is 7.34. The number of hydrogen-bond acceptors (Lipinski definition) is 3. The molecule has 0 amide bonds. The highest BCUT2D eigenvalue weighted by atomic mass is 79.9. The van der Waals surface area contributed by atoms with Crippen molar-refractivity contribution in [3.05, 3.63) is 28.2 Å². The van der Waals surface area contributed by atoms with Crippen LogP contribution in [0.1, 0.15) is 12.0 Å². The standard InChI is InChI=1S/C11H13BrN2O/c12-9-1-2-11(8(5-9)6-13)14-10-3-4-15-7-10/h1-2,5-6,10,13-14H,3-4,7H2. The molecule has 0 bridgehead atoms. The second kappa shape index (κ2) is 4.77. The summed E-state index contributed by atoms with van der Waals surface area (Å²) >= 11 is 3.39. The topological polar surface area (TPSA) is 45.1 Å². The summed E-state index contributed by atoms with van der Waals surface area (Å²) in [6.07, 6.45) is 2.40. The number of rotatable bonds is 3. The van der Waals surface area contributed by atoms with E-state index in [0.29, 0.717) is 6.04 Å². The minimum atomic E-state index is 0.380. The number of nitrogens with one attached hydrogen (secondary N) is 2. The van der Waals surface area contributed by atoms with Crippen LogP contribution in [0.25, 0.3) is 0 Å². The van der Waals surface area contributed by atoms with Gasteiger partial charge >= 0.3 is 0 Å². The lowest BCUT2D eigenvalue weighted by Crippen LogP contribution is -2.19. The number of ether oxygens (including phenoxy) is 1. The largest absolute Gasteiger partial charge is 0.379 e. The van der Waals surface area contributed by atoms with Gasteiger partial charge in [-0.25, -0.2) is 0 Å². The van der Waals surface area contributed by atoms with Crippen molar-refractivity contribution >= 4 is 27.8 Å². The molecule has 0 radical (unpaired) electrons. The first-order valence-corrected chi connectivity index (χ1v) is 5.73. The fraction of sp³-hybridized carbons (Fsp3) is 0.364. The molecule has 1 saturated heterocycles. The summed E-state index contributed by atoms with van der Waals surface area (Å²) in [5, 5.41) is 10.7. The van der Waals surface area contributed by atoms with E-state index >= 15 is 0 Å². The molecule has 15 heavy (non-hydrogen) atoms. The Balaban J connectivity index is 2.15. The molecule has 1 aromatic carbocycles. The Bertz CT molecular complexity index is 362. The summed E-state index contributed by atoms with van der Waals surface area (Å²) in [6, 6.07) is 6.28. The molecule has 0 spiro atoms. The van der Waals surface area contributed by atoms with Gasteiger partial charge < -0.3 is 15.5 Å². The first-order valence-electron chi connectivity index (χ1n) is 4.94. The Labute approximate surface area is 97.5 Å². The molecule has 0 aromatic heterocycles. The fourth-order valence-corrected chi connectivity index (χ4v) is 2.03. The maximum absolute atomic E-state index is 7.34. The number of halogens is 1. The van der Waals surface area contributed by atoms with Crippen LogP contribution in [0.4, 0.5) is 5.69 Å². The van der Waals surface area contributed by atoms with Crippen molar-refractivity contribution in [2.24, 2.45) is 0 Å². The zero-order valence-corrected chi connectivity index (χ0v) is 9.88. The van der Waals surface area contributed by atoms with Gasteiger partial charge in [0.05, 0.1) is 12.6 Å². The van der Waals surface area contributed by atoms with Crippen LogP contribution in [-0.4, -0.2) is 25.5 Å². The summed E-state index contributed by atoms with van der Waals surface area (Å²) in [6.45, 7) is 1.58. The van der Waals surface area contributed by atoms with E-state index in [9.17, 15) is 0 Å². The van der Waals surface area contributed by atoms with E-state index < -0.39 is 0 Å². The Kier molecular flexibility index (Phi) is 3.38. The summed E-state index contributed by atoms with van der Waals surface area (Å²) < 4.78 is 6.29. The van der Waals surface area contributed by atoms with Crippen LogP contribution in [0, 0.1) is 5.41 Å². The molecule has 1 aliphatic rings. The highest BCUT2D eigenvalue weighted by Crippen LogP contribution is 2.21. The van der Waals surface area contributed by atoms with Crippen molar-refractivity contribution < 1.29 is 4.74 Å². The van der Waals surface area contributed by atoms with Crippen molar-refractivity contribution in [2.45, 2.75) is 12.5 Å². The van der Waals surface area contributed by atoms with Gasteiger partial charge in [0.1, 0.15) is 0 Å². The minimum Gasteiger partial charge on any atom is -0.379 e. The molecule has 1 aromatic rings. The van der Waals surface area contributed by atoms with Crippen LogP contribution < -0.4 is 5.32 Å². The van der Waals surface area contributed by atoms with Crippen LogP contribution in [0.3, 0.4) is 0 Å². The summed E-state index contributed by atoms with van der Waals surface area (Å²) in [7, 11) is 0. The van der Waals surface area contributed by atoms with Crippen LogP contribution in [0.2, 0.25) is 0 Å². The van der Waals surface area contributed by atoms with Crippen molar-refractivity contribution in [1.82, 2.24) is 0 Å². The monoisotopic (exact) mass is 268 g/mol. The van der Waals surface area contributed by atoms with E-state index in [1.807, 2.05) is 18.2 Å². The lowest BCUT2D eigenvalue weighted by atomic mass is 10.1. The van der Waals surface area contributed by atoms with Crippen LogP contribution in [0.15, 0.2) is 22.7 Å². The van der Waals surface area contributed by atoms with Crippen molar-refractivity contribution in [1.29, 1.82) is 5.41 Å². The Morgan fingerprint density at radius 3 is 3.07 bits per heavy atom. The highest BCUT2D eigenvalue weighted by molar-refractivity contribution is 9.10. The molecule has 1 aliphatic heterocycles. The first-order chi connectivity index (χ1) is 7.29. The van der Waals surface area contributed by atoms with Gasteiger partial charge in [0, 0.05) is 28.5 Å². The van der Waals surface area contributed by atoms with E-state index in [2.05, 4.69) is 21.2 Å². The smallest absolute Gasteiger partial charge is 0.0668 e. The van der Waals surface area contributed by atoms with Gasteiger partial charge in [-0.1, -0.05) is 15.9 Å². The van der Waals surface area contributed by atoms with Gasteiger partial charge in [0.25, 0.3) is 0 Å². The SMILES string of the molecule is N=Cc1cc(Br)ccc1NC1CCOC1.